The van der Waals surface area contributed by atoms with Crippen molar-refractivity contribution >= 4 is 23.5 Å². The van der Waals surface area contributed by atoms with Gasteiger partial charge in [-0.3, -0.25) is 4.79 Å². The molecule has 0 aliphatic heterocycles. The summed E-state index contributed by atoms with van der Waals surface area (Å²) in [6, 6.07) is 4.22. The Hall–Kier alpha value is -1.75. The number of halogens is 1. The van der Waals surface area contributed by atoms with Crippen LogP contribution in [0, 0.1) is 0 Å². The van der Waals surface area contributed by atoms with E-state index in [9.17, 15) is 9.59 Å². The van der Waals surface area contributed by atoms with Gasteiger partial charge in [0.15, 0.2) is 6.10 Å². The summed E-state index contributed by atoms with van der Waals surface area (Å²) < 4.78 is 5.37. The van der Waals surface area contributed by atoms with Crippen LogP contribution in [0.4, 0.5) is 0 Å². The number of hydrogen-bond donors (Lipinski definition) is 2. The zero-order chi connectivity index (χ0) is 14.6. The van der Waals surface area contributed by atoms with Gasteiger partial charge < -0.3 is 15.2 Å². The molecular weight excluding hydrogens is 270 g/mol. The van der Waals surface area contributed by atoms with Gasteiger partial charge in [0.25, 0.3) is 5.91 Å². The van der Waals surface area contributed by atoms with Crippen molar-refractivity contribution in [2.75, 3.05) is 0 Å². The lowest BCUT2D eigenvalue weighted by molar-refractivity contribution is -0.127. The van der Waals surface area contributed by atoms with Gasteiger partial charge in [-0.25, -0.2) is 4.79 Å². The fourth-order valence-corrected chi connectivity index (χ4v) is 1.59. The molecule has 1 atom stereocenters. The summed E-state index contributed by atoms with van der Waals surface area (Å²) in [5.41, 5.74) is -0.0725. The second-order valence-electron chi connectivity index (χ2n) is 4.37. The van der Waals surface area contributed by atoms with Gasteiger partial charge >= 0.3 is 5.97 Å². The molecule has 1 unspecified atom stereocenters. The lowest BCUT2D eigenvalue weighted by Crippen LogP contribution is -2.40. The van der Waals surface area contributed by atoms with Crippen LogP contribution in [0.15, 0.2) is 18.2 Å². The normalized spacial score (nSPS) is 12.1. The average Bonchev–Trinajstić information content (AvgIpc) is 2.30. The zero-order valence-corrected chi connectivity index (χ0v) is 11.7. The van der Waals surface area contributed by atoms with E-state index < -0.39 is 12.1 Å². The highest BCUT2D eigenvalue weighted by molar-refractivity contribution is 6.31. The predicted octanol–water partition coefficient (Wildman–Crippen LogP) is 2.33. The van der Waals surface area contributed by atoms with Crippen molar-refractivity contribution in [3.05, 3.63) is 28.8 Å². The van der Waals surface area contributed by atoms with E-state index in [0.29, 0.717) is 5.02 Å². The van der Waals surface area contributed by atoms with Crippen LogP contribution in [-0.4, -0.2) is 29.1 Å². The highest BCUT2D eigenvalue weighted by atomic mass is 35.5. The quantitative estimate of drug-likeness (QED) is 0.870. The summed E-state index contributed by atoms with van der Waals surface area (Å²) in [6.45, 7) is 5.21. The number of carbonyl (C=O) groups excluding carboxylic acids is 1. The van der Waals surface area contributed by atoms with E-state index in [0.717, 1.165) is 0 Å². The van der Waals surface area contributed by atoms with Gasteiger partial charge in [0.1, 0.15) is 11.3 Å². The van der Waals surface area contributed by atoms with Crippen LogP contribution in [0.3, 0.4) is 0 Å². The summed E-state index contributed by atoms with van der Waals surface area (Å²) >= 11 is 5.73. The maximum Gasteiger partial charge on any atom is 0.339 e. The molecule has 5 nitrogen and oxygen atoms in total. The fraction of sp³-hybridized carbons (Fsp3) is 0.385. The third-order valence-electron chi connectivity index (χ3n) is 2.28. The number of ether oxygens (including phenoxy) is 1. The van der Waals surface area contributed by atoms with Crippen LogP contribution in [0.5, 0.6) is 5.75 Å². The van der Waals surface area contributed by atoms with E-state index in [-0.39, 0.29) is 23.3 Å². The van der Waals surface area contributed by atoms with Crippen molar-refractivity contribution in [2.45, 2.75) is 32.9 Å². The maximum atomic E-state index is 11.7. The van der Waals surface area contributed by atoms with Crippen LogP contribution in [0.25, 0.3) is 0 Å². The molecule has 0 heterocycles. The second kappa shape index (κ2) is 6.43. The van der Waals surface area contributed by atoms with Gasteiger partial charge in [0.2, 0.25) is 0 Å². The molecule has 0 spiro atoms. The van der Waals surface area contributed by atoms with Crippen molar-refractivity contribution in [2.24, 2.45) is 0 Å². The molecule has 0 aliphatic rings. The number of carboxylic acid groups (broad SMARTS) is 1. The number of rotatable bonds is 5. The molecular formula is C13H16ClNO4. The first-order chi connectivity index (χ1) is 8.81. The third-order valence-corrected chi connectivity index (χ3v) is 2.51. The minimum absolute atomic E-state index is 0.0114. The Balaban J connectivity index is 2.87. The van der Waals surface area contributed by atoms with Gasteiger partial charge in [-0.1, -0.05) is 11.6 Å². The Bertz CT molecular complexity index is 488. The van der Waals surface area contributed by atoms with Crippen molar-refractivity contribution in [1.29, 1.82) is 0 Å². The Kier molecular flexibility index (Phi) is 5.18. The maximum absolute atomic E-state index is 11.7. The van der Waals surface area contributed by atoms with Gasteiger partial charge in [-0.05, 0) is 39.0 Å². The first-order valence-corrected chi connectivity index (χ1v) is 6.19. The van der Waals surface area contributed by atoms with E-state index >= 15 is 0 Å². The van der Waals surface area contributed by atoms with E-state index in [1.807, 2.05) is 13.8 Å². The summed E-state index contributed by atoms with van der Waals surface area (Å²) in [5, 5.41) is 12.0. The molecule has 104 valence electrons. The summed E-state index contributed by atoms with van der Waals surface area (Å²) in [5.74, 6) is -1.35. The smallest absolute Gasteiger partial charge is 0.339 e. The molecule has 0 aromatic heterocycles. The van der Waals surface area contributed by atoms with Gasteiger partial charge in [-0.2, -0.15) is 0 Å². The number of hydrogen-bond acceptors (Lipinski definition) is 3. The second-order valence-corrected chi connectivity index (χ2v) is 4.81. The predicted molar refractivity (Wildman–Crippen MR) is 71.8 cm³/mol. The summed E-state index contributed by atoms with van der Waals surface area (Å²) in [7, 11) is 0. The summed E-state index contributed by atoms with van der Waals surface area (Å²) in [4.78, 5) is 22.8. The zero-order valence-electron chi connectivity index (χ0n) is 10.9. The largest absolute Gasteiger partial charge is 0.480 e. The molecule has 1 rings (SSSR count). The SMILES string of the molecule is CC(C)NC(=O)C(C)Oc1ccc(Cl)cc1C(=O)O. The minimum atomic E-state index is -1.16. The van der Waals surface area contributed by atoms with Gasteiger partial charge in [-0.15, -0.1) is 0 Å². The first-order valence-electron chi connectivity index (χ1n) is 5.81. The monoisotopic (exact) mass is 285 g/mol. The van der Waals surface area contributed by atoms with Crippen molar-refractivity contribution < 1.29 is 19.4 Å². The van der Waals surface area contributed by atoms with Crippen LogP contribution in [0.2, 0.25) is 5.02 Å². The Labute approximate surface area is 116 Å². The topological polar surface area (TPSA) is 75.6 Å². The molecule has 2 N–H and O–H groups in total. The number of carboxylic acids is 1. The molecule has 0 radical (unpaired) electrons. The van der Waals surface area contributed by atoms with Crippen LogP contribution < -0.4 is 10.1 Å². The third kappa shape index (κ3) is 4.44. The average molecular weight is 286 g/mol. The van der Waals surface area contributed by atoms with Crippen LogP contribution in [0.1, 0.15) is 31.1 Å². The number of nitrogens with one attached hydrogen (secondary N) is 1. The number of amides is 1. The van der Waals surface area contributed by atoms with E-state index in [2.05, 4.69) is 5.32 Å². The molecule has 0 saturated carbocycles. The van der Waals surface area contributed by atoms with Crippen molar-refractivity contribution in [1.82, 2.24) is 5.32 Å². The molecule has 1 aromatic rings. The molecule has 0 saturated heterocycles. The molecule has 0 aliphatic carbocycles. The number of carbonyl (C=O) groups is 2. The Morgan fingerprint density at radius 1 is 1.32 bits per heavy atom. The van der Waals surface area contributed by atoms with Gasteiger partial charge in [0.05, 0.1) is 0 Å². The molecule has 6 heteroatoms. The first kappa shape index (κ1) is 15.3. The molecule has 1 aromatic carbocycles. The summed E-state index contributed by atoms with van der Waals surface area (Å²) in [6.07, 6.45) is -0.790. The van der Waals surface area contributed by atoms with Crippen molar-refractivity contribution in [3.63, 3.8) is 0 Å². The van der Waals surface area contributed by atoms with Crippen LogP contribution in [-0.2, 0) is 4.79 Å². The number of aromatic carboxylic acids is 1. The lowest BCUT2D eigenvalue weighted by Gasteiger charge is -2.17. The van der Waals surface area contributed by atoms with E-state index in [1.54, 1.807) is 6.92 Å². The Morgan fingerprint density at radius 2 is 1.95 bits per heavy atom. The highest BCUT2D eigenvalue weighted by Crippen LogP contribution is 2.24. The highest BCUT2D eigenvalue weighted by Gasteiger charge is 2.19. The molecule has 0 fully saturated rings. The molecule has 0 bridgehead atoms. The standard InChI is InChI=1S/C13H16ClNO4/c1-7(2)15-12(16)8(3)19-11-5-4-9(14)6-10(11)13(17)18/h4-8H,1-3H3,(H,15,16)(H,17,18). The molecule has 19 heavy (non-hydrogen) atoms. The Morgan fingerprint density at radius 3 is 2.47 bits per heavy atom. The van der Waals surface area contributed by atoms with Crippen LogP contribution >= 0.6 is 11.6 Å². The fourth-order valence-electron chi connectivity index (χ4n) is 1.42. The molecule has 1 amide bonds. The number of benzene rings is 1. The minimum Gasteiger partial charge on any atom is -0.480 e. The van der Waals surface area contributed by atoms with E-state index in [1.165, 1.54) is 18.2 Å². The van der Waals surface area contributed by atoms with Crippen molar-refractivity contribution in [3.8, 4) is 5.75 Å². The van der Waals surface area contributed by atoms with E-state index in [4.69, 9.17) is 21.4 Å². The lowest BCUT2D eigenvalue weighted by atomic mass is 10.2. The van der Waals surface area contributed by atoms with Gasteiger partial charge in [0, 0.05) is 11.1 Å².